The molecule has 7 heteroatoms. The van der Waals surface area contributed by atoms with Gasteiger partial charge in [0.05, 0.1) is 25.0 Å². The maximum Gasteiger partial charge on any atom is 0.410 e. The van der Waals surface area contributed by atoms with Crippen molar-refractivity contribution in [3.05, 3.63) is 89.8 Å². The summed E-state index contributed by atoms with van der Waals surface area (Å²) < 4.78 is 13.3. The number of hydrogen-bond donors (Lipinski definition) is 0. The Balaban J connectivity index is 1.65. The van der Waals surface area contributed by atoms with Crippen molar-refractivity contribution in [2.45, 2.75) is 40.0 Å². The minimum atomic E-state index is -0.327. The summed E-state index contributed by atoms with van der Waals surface area (Å²) in [6.07, 6.45) is 2.46. The lowest BCUT2D eigenvalue weighted by molar-refractivity contribution is 0.0886. The van der Waals surface area contributed by atoms with Crippen molar-refractivity contribution in [2.75, 3.05) is 26.7 Å². The highest BCUT2D eigenvalue weighted by Crippen LogP contribution is 2.30. The first-order chi connectivity index (χ1) is 17.5. The number of aromatic nitrogens is 2. The molecule has 0 saturated heterocycles. The maximum atomic E-state index is 13.2. The smallest absolute Gasteiger partial charge is 0.410 e. The van der Waals surface area contributed by atoms with E-state index in [1.54, 1.807) is 12.0 Å². The Morgan fingerprint density at radius 1 is 1.17 bits per heavy atom. The van der Waals surface area contributed by atoms with E-state index in [9.17, 15) is 4.79 Å². The summed E-state index contributed by atoms with van der Waals surface area (Å²) in [5, 5.41) is 5.05. The number of carbonyl (C=O) groups excluding carboxylic acids is 1. The minimum absolute atomic E-state index is 0.245. The van der Waals surface area contributed by atoms with E-state index in [4.69, 9.17) is 14.6 Å². The topological polar surface area (TPSA) is 59.8 Å². The summed E-state index contributed by atoms with van der Waals surface area (Å²) in [6.45, 7) is 11.8. The lowest BCUT2D eigenvalue weighted by Gasteiger charge is -2.28. The van der Waals surface area contributed by atoms with Crippen molar-refractivity contribution in [1.82, 2.24) is 19.6 Å². The summed E-state index contributed by atoms with van der Waals surface area (Å²) in [7, 11) is 1.68. The van der Waals surface area contributed by atoms with Crippen LogP contribution in [0.15, 0.2) is 67.3 Å². The highest BCUT2D eigenvalue weighted by molar-refractivity contribution is 5.67. The van der Waals surface area contributed by atoms with Crippen LogP contribution < -0.4 is 4.74 Å². The SMILES string of the molecule is C=CCN1CCc2c(c(CN(CC(C)C)C(=O)OCc3ccccc3)nn2-c2ccccc2OC)C1. The molecule has 0 fully saturated rings. The summed E-state index contributed by atoms with van der Waals surface area (Å²) in [5.41, 5.74) is 5.09. The normalized spacial score (nSPS) is 13.3. The van der Waals surface area contributed by atoms with Gasteiger partial charge >= 0.3 is 6.09 Å². The van der Waals surface area contributed by atoms with Crippen molar-refractivity contribution in [2.24, 2.45) is 5.92 Å². The zero-order valence-electron chi connectivity index (χ0n) is 21.5. The summed E-state index contributed by atoms with van der Waals surface area (Å²) in [6, 6.07) is 17.7. The molecule has 3 aromatic rings. The van der Waals surface area contributed by atoms with Gasteiger partial charge in [0.15, 0.2) is 0 Å². The predicted octanol–water partition coefficient (Wildman–Crippen LogP) is 5.22. The number of carbonyl (C=O) groups is 1. The van der Waals surface area contributed by atoms with Crippen LogP contribution in [-0.2, 0) is 30.9 Å². The third-order valence-electron chi connectivity index (χ3n) is 6.31. The van der Waals surface area contributed by atoms with E-state index in [1.807, 2.05) is 65.4 Å². The Morgan fingerprint density at radius 3 is 2.64 bits per heavy atom. The van der Waals surface area contributed by atoms with E-state index in [-0.39, 0.29) is 12.7 Å². The van der Waals surface area contributed by atoms with Gasteiger partial charge in [-0.3, -0.25) is 4.90 Å². The molecule has 2 aromatic carbocycles. The molecule has 0 unspecified atom stereocenters. The maximum absolute atomic E-state index is 13.2. The van der Waals surface area contributed by atoms with Crippen LogP contribution in [-0.4, -0.2) is 52.4 Å². The van der Waals surface area contributed by atoms with Gasteiger partial charge in [0.2, 0.25) is 0 Å². The second-order valence-electron chi connectivity index (χ2n) is 9.54. The van der Waals surface area contributed by atoms with Crippen molar-refractivity contribution < 1.29 is 14.3 Å². The fraction of sp³-hybridized carbons (Fsp3) is 0.379. The molecule has 0 bridgehead atoms. The predicted molar refractivity (Wildman–Crippen MR) is 141 cm³/mol. The number of methoxy groups -OCH3 is 1. The van der Waals surface area contributed by atoms with Crippen LogP contribution in [0.1, 0.15) is 36.4 Å². The zero-order chi connectivity index (χ0) is 25.5. The van der Waals surface area contributed by atoms with Gasteiger partial charge in [-0.1, -0.05) is 62.4 Å². The first-order valence-electron chi connectivity index (χ1n) is 12.5. The minimum Gasteiger partial charge on any atom is -0.494 e. The molecule has 1 amide bonds. The zero-order valence-corrected chi connectivity index (χ0v) is 21.5. The van der Waals surface area contributed by atoms with Gasteiger partial charge in [0, 0.05) is 38.2 Å². The molecule has 1 aliphatic rings. The standard InChI is InChI=1S/C29H36N4O3/c1-5-16-31-17-15-26-24(19-31)25(30-33(26)27-13-9-10-14-28(27)35-4)20-32(18-22(2)3)29(34)36-21-23-11-7-6-8-12-23/h5-14,22H,1,15-21H2,2-4H3. The molecule has 1 aliphatic heterocycles. The van der Waals surface area contributed by atoms with Crippen LogP contribution in [0.25, 0.3) is 5.69 Å². The monoisotopic (exact) mass is 488 g/mol. The summed E-state index contributed by atoms with van der Waals surface area (Å²) in [5.74, 6) is 1.06. The fourth-order valence-corrected chi connectivity index (χ4v) is 4.65. The van der Waals surface area contributed by atoms with Gasteiger partial charge in [0.25, 0.3) is 0 Å². The second-order valence-corrected chi connectivity index (χ2v) is 9.54. The molecule has 1 aromatic heterocycles. The first kappa shape index (κ1) is 25.5. The Hall–Kier alpha value is -3.58. The van der Waals surface area contributed by atoms with E-state index in [2.05, 4.69) is 25.3 Å². The van der Waals surface area contributed by atoms with Crippen LogP contribution in [0.2, 0.25) is 0 Å². The average Bonchev–Trinajstić information content (AvgIpc) is 3.24. The van der Waals surface area contributed by atoms with Crippen molar-refractivity contribution >= 4 is 6.09 Å². The molecule has 190 valence electrons. The first-order valence-corrected chi connectivity index (χ1v) is 12.5. The van der Waals surface area contributed by atoms with E-state index in [0.717, 1.165) is 54.4 Å². The van der Waals surface area contributed by atoms with Gasteiger partial charge in [-0.2, -0.15) is 5.10 Å². The lowest BCUT2D eigenvalue weighted by Crippen LogP contribution is -2.35. The van der Waals surface area contributed by atoms with Gasteiger partial charge in [-0.15, -0.1) is 6.58 Å². The second kappa shape index (κ2) is 11.9. The van der Waals surface area contributed by atoms with E-state index in [0.29, 0.717) is 19.0 Å². The number of rotatable bonds is 10. The molecule has 0 atom stereocenters. The Labute approximate surface area is 213 Å². The van der Waals surface area contributed by atoms with Gasteiger partial charge in [-0.05, 0) is 23.6 Å². The number of benzene rings is 2. The largest absolute Gasteiger partial charge is 0.494 e. The molecule has 36 heavy (non-hydrogen) atoms. The average molecular weight is 489 g/mol. The number of para-hydroxylation sites is 2. The number of amides is 1. The van der Waals surface area contributed by atoms with E-state index in [1.165, 1.54) is 5.56 Å². The lowest BCUT2D eigenvalue weighted by atomic mass is 10.0. The molecule has 0 saturated carbocycles. The van der Waals surface area contributed by atoms with Gasteiger partial charge in [0.1, 0.15) is 18.0 Å². The van der Waals surface area contributed by atoms with Crippen molar-refractivity contribution in [3.63, 3.8) is 0 Å². The molecule has 0 aliphatic carbocycles. The third-order valence-corrected chi connectivity index (χ3v) is 6.31. The Kier molecular flexibility index (Phi) is 8.44. The number of fused-ring (bicyclic) bond motifs is 1. The highest BCUT2D eigenvalue weighted by atomic mass is 16.6. The number of hydrogen-bond acceptors (Lipinski definition) is 5. The Morgan fingerprint density at radius 2 is 1.92 bits per heavy atom. The number of ether oxygens (including phenoxy) is 2. The molecule has 4 rings (SSSR count). The van der Waals surface area contributed by atoms with Crippen LogP contribution in [0.3, 0.4) is 0 Å². The van der Waals surface area contributed by atoms with Crippen LogP contribution in [0.5, 0.6) is 5.75 Å². The molecule has 0 N–H and O–H groups in total. The molecule has 0 spiro atoms. The van der Waals surface area contributed by atoms with Gasteiger partial charge in [-0.25, -0.2) is 9.48 Å². The van der Waals surface area contributed by atoms with Gasteiger partial charge < -0.3 is 14.4 Å². The van der Waals surface area contributed by atoms with E-state index < -0.39 is 0 Å². The van der Waals surface area contributed by atoms with Crippen LogP contribution in [0, 0.1) is 5.92 Å². The van der Waals surface area contributed by atoms with Crippen LogP contribution >= 0.6 is 0 Å². The molecule has 7 nitrogen and oxygen atoms in total. The molecular formula is C29H36N4O3. The molecule has 2 heterocycles. The quantitative estimate of drug-likeness (QED) is 0.366. The molecular weight excluding hydrogens is 452 g/mol. The molecule has 0 radical (unpaired) electrons. The van der Waals surface area contributed by atoms with Crippen molar-refractivity contribution in [3.8, 4) is 11.4 Å². The number of nitrogens with zero attached hydrogens (tertiary/aromatic N) is 4. The third kappa shape index (κ3) is 5.97. The van der Waals surface area contributed by atoms with E-state index >= 15 is 0 Å². The van der Waals surface area contributed by atoms with Crippen molar-refractivity contribution in [1.29, 1.82) is 0 Å². The fourth-order valence-electron chi connectivity index (χ4n) is 4.65. The summed E-state index contributed by atoms with van der Waals surface area (Å²) in [4.78, 5) is 17.3. The summed E-state index contributed by atoms with van der Waals surface area (Å²) >= 11 is 0. The highest BCUT2D eigenvalue weighted by Gasteiger charge is 2.28. The Bertz CT molecular complexity index is 1170. The van der Waals surface area contributed by atoms with Crippen LogP contribution in [0.4, 0.5) is 4.79 Å².